The van der Waals surface area contributed by atoms with Gasteiger partial charge in [0.15, 0.2) is 7.29 Å². The first-order valence-electron chi connectivity index (χ1n) is 11.5. The van der Waals surface area contributed by atoms with E-state index in [2.05, 4.69) is 10.4 Å². The number of rotatable bonds is 10. The van der Waals surface area contributed by atoms with E-state index in [1.54, 1.807) is 6.92 Å². The standard InChI is InChI=1S/C25H32N3O5P/c1-18(24(30)28-15-9-14-22(28)23(29)26-19(2)25(31)32)27-34(33,16-20-10-5-3-6-11-20)17-21-12-7-4-8-13-21/h3-8,10-13,18-19,22H,9,14-17H2,1-2H3,(H,26,29)(H,27,33)(H,31,32)/t18-,19+,22-/m0/s1. The van der Waals surface area contributed by atoms with E-state index in [1.807, 2.05) is 60.7 Å². The van der Waals surface area contributed by atoms with Crippen molar-refractivity contribution in [2.45, 2.75) is 57.1 Å². The lowest BCUT2D eigenvalue weighted by molar-refractivity contribution is -0.143. The van der Waals surface area contributed by atoms with Crippen molar-refractivity contribution in [1.29, 1.82) is 0 Å². The lowest BCUT2D eigenvalue weighted by Crippen LogP contribution is -2.53. The second kappa shape index (κ2) is 11.4. The molecule has 2 aromatic rings. The highest BCUT2D eigenvalue weighted by atomic mass is 31.2. The Balaban J connectivity index is 1.75. The summed E-state index contributed by atoms with van der Waals surface area (Å²) in [5.41, 5.74) is 1.82. The van der Waals surface area contributed by atoms with Crippen LogP contribution in [0.5, 0.6) is 0 Å². The molecular weight excluding hydrogens is 453 g/mol. The molecule has 1 heterocycles. The molecule has 3 rings (SSSR count). The minimum Gasteiger partial charge on any atom is -0.480 e. The number of amides is 2. The number of carboxylic acids is 1. The molecule has 1 saturated heterocycles. The third-order valence-corrected chi connectivity index (χ3v) is 8.54. The van der Waals surface area contributed by atoms with Gasteiger partial charge in [0.2, 0.25) is 11.8 Å². The van der Waals surface area contributed by atoms with Crippen molar-refractivity contribution < 1.29 is 24.1 Å². The number of benzene rings is 2. The van der Waals surface area contributed by atoms with Crippen LogP contribution in [0.3, 0.4) is 0 Å². The number of likely N-dealkylation sites (tertiary alicyclic amines) is 1. The summed E-state index contributed by atoms with van der Waals surface area (Å²) >= 11 is 0. The van der Waals surface area contributed by atoms with Crippen LogP contribution < -0.4 is 10.4 Å². The Labute approximate surface area is 200 Å². The van der Waals surface area contributed by atoms with Crippen LogP contribution >= 0.6 is 7.29 Å². The summed E-state index contributed by atoms with van der Waals surface area (Å²) < 4.78 is 14.1. The summed E-state index contributed by atoms with van der Waals surface area (Å²) in [5.74, 6) is -1.94. The molecule has 1 aliphatic rings. The van der Waals surface area contributed by atoms with Crippen LogP contribution in [0, 0.1) is 0 Å². The van der Waals surface area contributed by atoms with Gasteiger partial charge in [-0.3, -0.25) is 19.5 Å². The molecule has 2 amide bonds. The van der Waals surface area contributed by atoms with Gasteiger partial charge in [-0.05, 0) is 37.8 Å². The van der Waals surface area contributed by atoms with Gasteiger partial charge in [0.25, 0.3) is 0 Å². The summed E-state index contributed by atoms with van der Waals surface area (Å²) in [6.07, 6.45) is 1.69. The normalized spacial score (nSPS) is 17.7. The molecule has 0 aromatic heterocycles. The van der Waals surface area contributed by atoms with E-state index >= 15 is 0 Å². The number of carbonyl (C=O) groups is 3. The van der Waals surface area contributed by atoms with E-state index in [0.29, 0.717) is 31.7 Å². The Morgan fingerprint density at radius 3 is 2.00 bits per heavy atom. The molecule has 0 aliphatic carbocycles. The van der Waals surface area contributed by atoms with Crippen molar-refractivity contribution in [3.63, 3.8) is 0 Å². The van der Waals surface area contributed by atoms with Crippen LogP contribution in [0.25, 0.3) is 0 Å². The molecule has 1 aliphatic heterocycles. The van der Waals surface area contributed by atoms with Crippen molar-refractivity contribution in [2.24, 2.45) is 0 Å². The first kappa shape index (κ1) is 25.7. The summed E-state index contributed by atoms with van der Waals surface area (Å²) in [6, 6.07) is 16.5. The van der Waals surface area contributed by atoms with E-state index in [9.17, 15) is 18.9 Å². The number of nitrogens with one attached hydrogen (secondary N) is 2. The maximum atomic E-state index is 14.1. The zero-order valence-electron chi connectivity index (χ0n) is 19.5. The molecule has 3 N–H and O–H groups in total. The Morgan fingerprint density at radius 2 is 1.50 bits per heavy atom. The molecule has 1 fully saturated rings. The summed E-state index contributed by atoms with van der Waals surface area (Å²) in [6.45, 7) is 3.44. The Hall–Kier alpha value is -2.96. The summed E-state index contributed by atoms with van der Waals surface area (Å²) in [5, 5.41) is 14.6. The quantitative estimate of drug-likeness (QED) is 0.445. The van der Waals surface area contributed by atoms with Gasteiger partial charge in [-0.25, -0.2) is 0 Å². The maximum Gasteiger partial charge on any atom is 0.325 e. The smallest absolute Gasteiger partial charge is 0.325 e. The fourth-order valence-electron chi connectivity index (χ4n) is 4.24. The molecule has 0 spiro atoms. The highest BCUT2D eigenvalue weighted by molar-refractivity contribution is 7.60. The summed E-state index contributed by atoms with van der Waals surface area (Å²) in [4.78, 5) is 38.5. The third kappa shape index (κ3) is 6.78. The van der Waals surface area contributed by atoms with Gasteiger partial charge >= 0.3 is 5.97 Å². The highest BCUT2D eigenvalue weighted by Crippen LogP contribution is 2.49. The molecule has 0 radical (unpaired) electrons. The molecule has 0 bridgehead atoms. The van der Waals surface area contributed by atoms with Gasteiger partial charge in [0.1, 0.15) is 12.1 Å². The number of hydrogen-bond donors (Lipinski definition) is 3. The molecule has 8 nitrogen and oxygen atoms in total. The van der Waals surface area contributed by atoms with Crippen molar-refractivity contribution in [3.8, 4) is 0 Å². The predicted octanol–water partition coefficient (Wildman–Crippen LogP) is 3.22. The summed E-state index contributed by atoms with van der Waals surface area (Å²) in [7, 11) is -3.07. The number of aliphatic carboxylic acids is 1. The number of carbonyl (C=O) groups excluding carboxylic acids is 2. The van der Waals surface area contributed by atoms with E-state index in [0.717, 1.165) is 11.1 Å². The van der Waals surface area contributed by atoms with Crippen molar-refractivity contribution >= 4 is 25.1 Å². The van der Waals surface area contributed by atoms with Gasteiger partial charge in [-0.1, -0.05) is 60.7 Å². The van der Waals surface area contributed by atoms with E-state index < -0.39 is 37.3 Å². The van der Waals surface area contributed by atoms with Gasteiger partial charge in [-0.15, -0.1) is 0 Å². The highest BCUT2D eigenvalue weighted by Gasteiger charge is 2.38. The average Bonchev–Trinajstić information content (AvgIpc) is 3.29. The van der Waals surface area contributed by atoms with Crippen molar-refractivity contribution in [3.05, 3.63) is 71.8 Å². The zero-order chi connectivity index (χ0) is 24.7. The Bertz CT molecular complexity index is 1000. The average molecular weight is 486 g/mol. The van der Waals surface area contributed by atoms with E-state index in [4.69, 9.17) is 5.11 Å². The molecule has 34 heavy (non-hydrogen) atoms. The Kier molecular flexibility index (Phi) is 8.64. The van der Waals surface area contributed by atoms with Crippen LogP contribution in [0.4, 0.5) is 0 Å². The first-order chi connectivity index (χ1) is 16.2. The van der Waals surface area contributed by atoms with E-state index in [1.165, 1.54) is 11.8 Å². The molecule has 182 valence electrons. The van der Waals surface area contributed by atoms with Gasteiger partial charge in [-0.2, -0.15) is 0 Å². The molecular formula is C25H32N3O5P. The van der Waals surface area contributed by atoms with Crippen LogP contribution in [0.2, 0.25) is 0 Å². The first-order valence-corrected chi connectivity index (χ1v) is 13.5. The third-order valence-electron chi connectivity index (χ3n) is 5.93. The zero-order valence-corrected chi connectivity index (χ0v) is 20.4. The van der Waals surface area contributed by atoms with Crippen molar-refractivity contribution in [2.75, 3.05) is 6.54 Å². The van der Waals surface area contributed by atoms with Gasteiger partial charge in [0, 0.05) is 18.9 Å². The molecule has 9 heteroatoms. The maximum absolute atomic E-state index is 14.1. The largest absolute Gasteiger partial charge is 0.480 e. The predicted molar refractivity (Wildman–Crippen MR) is 130 cm³/mol. The minimum absolute atomic E-state index is 0.292. The fraction of sp³-hybridized carbons (Fsp3) is 0.400. The monoisotopic (exact) mass is 485 g/mol. The minimum atomic E-state index is -3.07. The van der Waals surface area contributed by atoms with E-state index in [-0.39, 0.29) is 5.91 Å². The molecule has 2 aromatic carbocycles. The molecule has 0 unspecified atom stereocenters. The Morgan fingerprint density at radius 1 is 0.971 bits per heavy atom. The number of hydrogen-bond acceptors (Lipinski definition) is 4. The fourth-order valence-corrected chi connectivity index (χ4v) is 6.95. The number of nitrogens with zero attached hydrogens (tertiary/aromatic N) is 1. The van der Waals surface area contributed by atoms with Crippen LogP contribution in [0.15, 0.2) is 60.7 Å². The van der Waals surface area contributed by atoms with Gasteiger partial charge < -0.3 is 19.9 Å². The second-order valence-electron chi connectivity index (χ2n) is 8.79. The van der Waals surface area contributed by atoms with Crippen LogP contribution in [0.1, 0.15) is 37.8 Å². The molecule has 0 saturated carbocycles. The van der Waals surface area contributed by atoms with Crippen LogP contribution in [-0.2, 0) is 31.3 Å². The van der Waals surface area contributed by atoms with Crippen LogP contribution in [-0.4, -0.2) is 52.5 Å². The molecule has 3 atom stereocenters. The van der Waals surface area contributed by atoms with Gasteiger partial charge in [0.05, 0.1) is 6.04 Å². The van der Waals surface area contributed by atoms with Crippen molar-refractivity contribution in [1.82, 2.24) is 15.3 Å². The second-order valence-corrected chi connectivity index (χ2v) is 11.5. The number of carboxylic acid groups (broad SMARTS) is 1. The SMILES string of the molecule is C[C@H](NP(=O)(Cc1ccccc1)Cc1ccccc1)C(=O)N1CCC[C@H]1C(=O)N[C@H](C)C(=O)O. The lowest BCUT2D eigenvalue weighted by atomic mass is 10.1. The topological polar surface area (TPSA) is 116 Å². The lowest BCUT2D eigenvalue weighted by Gasteiger charge is -2.30.